The third-order valence-electron chi connectivity index (χ3n) is 17.7. The van der Waals surface area contributed by atoms with E-state index in [4.69, 9.17) is 70.2 Å². The molecule has 13 N–H and O–H groups in total. The number of hydrogen-bond acceptors (Lipinski definition) is 30. The van der Waals surface area contributed by atoms with Gasteiger partial charge in [0.15, 0.2) is 38.6 Å². The first-order chi connectivity index (χ1) is 61.1. The molecule has 670 valence electrons. The third kappa shape index (κ3) is 29.6. The molecule has 0 aliphatic carbocycles. The molecule has 0 radical (unpaired) electrons. The van der Waals surface area contributed by atoms with Crippen LogP contribution in [-0.4, -0.2) is 152 Å². The van der Waals surface area contributed by atoms with E-state index in [1.807, 2.05) is 69.7 Å². The molecule has 0 atom stereocenters. The fraction of sp³-hybridized carbons (Fsp3) is 0.235. The molecule has 10 heterocycles. The number of nitro groups is 2. The molecule has 0 unspecified atom stereocenters. The summed E-state index contributed by atoms with van der Waals surface area (Å²) in [7, 11) is 6.32. The number of H-pyrrole nitrogens is 1. The number of nitrogens with zero attached hydrogens (tertiary/aromatic N) is 18. The number of halogens is 7. The first-order valence-electron chi connectivity index (χ1n) is 38.4. The third-order valence-corrected chi connectivity index (χ3v) is 38.3. The molecule has 5 aromatic carbocycles. The molecule has 46 heteroatoms. The Labute approximate surface area is 770 Å². The number of methoxy groups -OCH3 is 4. The zero-order valence-electron chi connectivity index (χ0n) is 69.3. The Morgan fingerprint density at radius 2 is 0.898 bits per heavy atom. The number of nitrogen functional groups attached to an aromatic ring is 6. The fourth-order valence-corrected chi connectivity index (χ4v) is 31.9. The second-order valence-corrected chi connectivity index (χ2v) is 45.1. The van der Waals surface area contributed by atoms with E-state index in [0.717, 1.165) is 28.0 Å². The maximum atomic E-state index is 14.4. The SMILES string of the molecule is CCC[CH2][Sn]([CH2]CCC)([CH2]CCC)[c]1nc(Sc2ccccc2F)n2ncccc12.COC(CC(OC)OC)OC.Fc1ccccc1I.Fc1ccccc1Sc1ncc2cccnn12.Nc1nc(-c2nc(Sc3ccccc3F)n3ncccc23)nc(N)c1[N+](=O)[O-].Nc1nc(Cl)nc(N)c1[N+](=O)[O-].Nn1cc[nH]c1=S.Nn1ccnc1Sc1ccccc1F. The van der Waals surface area contributed by atoms with E-state index in [1.54, 1.807) is 161 Å². The number of nitrogens with one attached hydrogen (secondary N) is 1. The number of hydrogen-bond donors (Lipinski definition) is 7. The van der Waals surface area contributed by atoms with Crippen molar-refractivity contribution in [3.8, 4) is 11.5 Å². The second kappa shape index (κ2) is 51.8. The van der Waals surface area contributed by atoms with Gasteiger partial charge in [-0.25, -0.2) is 60.9 Å². The number of aromatic nitrogens is 17. The number of benzene rings is 5. The molecule has 0 aliphatic heterocycles. The van der Waals surface area contributed by atoms with E-state index in [2.05, 4.69) is 94.2 Å². The van der Waals surface area contributed by atoms with Crippen LogP contribution in [0.25, 0.3) is 28.1 Å². The molecule has 15 rings (SSSR count). The zero-order valence-corrected chi connectivity index (χ0v) is 79.2. The minimum Gasteiger partial charge on any atom is -0.378 e. The Morgan fingerprint density at radius 1 is 0.496 bits per heavy atom. The van der Waals surface area contributed by atoms with Gasteiger partial charge in [0, 0.05) is 75.6 Å². The molecular formula is C81H90ClF5IN25O8S5Sn. The normalized spacial score (nSPS) is 10.9. The van der Waals surface area contributed by atoms with E-state index in [1.165, 1.54) is 135 Å². The van der Waals surface area contributed by atoms with Gasteiger partial charge >= 0.3 is 201 Å². The van der Waals surface area contributed by atoms with Crippen LogP contribution in [0.5, 0.6) is 0 Å². The molecule has 10 aromatic heterocycles. The summed E-state index contributed by atoms with van der Waals surface area (Å²) in [6.45, 7) is 6.88. The molecule has 0 bridgehead atoms. The van der Waals surface area contributed by atoms with Crippen molar-refractivity contribution in [2.45, 2.75) is 132 Å². The van der Waals surface area contributed by atoms with Crippen molar-refractivity contribution in [2.24, 2.45) is 0 Å². The van der Waals surface area contributed by atoms with Crippen molar-refractivity contribution < 1.29 is 50.7 Å². The molecule has 0 amide bonds. The monoisotopic (exact) mass is 2080 g/mol. The van der Waals surface area contributed by atoms with Crippen LogP contribution < -0.4 is 38.3 Å². The number of aromatic amines is 1. The van der Waals surface area contributed by atoms with Gasteiger partial charge in [-0.3, -0.25) is 20.2 Å². The van der Waals surface area contributed by atoms with Gasteiger partial charge in [-0.15, -0.1) is 0 Å². The smallest absolute Gasteiger partial charge is 0.352 e. The van der Waals surface area contributed by atoms with Crippen molar-refractivity contribution in [1.82, 2.24) is 83.1 Å². The minimum atomic E-state index is -2.73. The molecule has 0 aliphatic rings. The van der Waals surface area contributed by atoms with Gasteiger partial charge in [-0.05, 0) is 154 Å². The summed E-state index contributed by atoms with van der Waals surface area (Å²) in [6.07, 6.45) is 20.9. The number of unbranched alkanes of at least 4 members (excludes halogenated alkanes) is 3. The summed E-state index contributed by atoms with van der Waals surface area (Å²) in [5.74, 6) is 8.10. The van der Waals surface area contributed by atoms with Gasteiger partial charge in [0.05, 0.1) is 41.8 Å². The summed E-state index contributed by atoms with van der Waals surface area (Å²) in [4.78, 5) is 57.1. The molecule has 15 aromatic rings. The van der Waals surface area contributed by atoms with Crippen LogP contribution in [0.4, 0.5) is 56.6 Å². The Kier molecular flexibility index (Phi) is 41.4. The van der Waals surface area contributed by atoms with Crippen LogP contribution >= 0.6 is 93.5 Å². The number of rotatable bonds is 27. The average molecular weight is 2080 g/mol. The number of nitrogens with two attached hydrogens (primary N) is 6. The summed E-state index contributed by atoms with van der Waals surface area (Å²) >= 11 is 14.1. The molecule has 127 heavy (non-hydrogen) atoms. The van der Waals surface area contributed by atoms with Crippen LogP contribution in [0.3, 0.4) is 0 Å². The molecular weight excluding hydrogens is 1990 g/mol. The van der Waals surface area contributed by atoms with Crippen molar-refractivity contribution in [3.63, 3.8) is 0 Å². The Morgan fingerprint density at radius 3 is 1.28 bits per heavy atom. The topological polar surface area (TPSA) is 460 Å². The van der Waals surface area contributed by atoms with E-state index in [0.29, 0.717) is 55.3 Å². The van der Waals surface area contributed by atoms with Crippen molar-refractivity contribution in [1.29, 1.82) is 0 Å². The molecule has 0 spiro atoms. The van der Waals surface area contributed by atoms with Crippen LogP contribution in [0.15, 0.2) is 248 Å². The van der Waals surface area contributed by atoms with Crippen molar-refractivity contribution >= 4 is 167 Å². The number of imidazole rings is 5. The maximum Gasteiger partial charge on any atom is 0.352 e. The molecule has 0 saturated heterocycles. The fourth-order valence-electron chi connectivity index (χ4n) is 11.5. The van der Waals surface area contributed by atoms with Crippen molar-refractivity contribution in [3.05, 3.63) is 270 Å². The number of ether oxygens (including phenoxy) is 4. The van der Waals surface area contributed by atoms with Gasteiger partial charge in [0.1, 0.15) is 29.0 Å². The van der Waals surface area contributed by atoms with Crippen LogP contribution in [0, 0.1) is 57.7 Å². The first-order valence-corrected chi connectivity index (χ1v) is 51.0. The summed E-state index contributed by atoms with van der Waals surface area (Å²) in [6, 6.07) is 44.3. The predicted molar refractivity (Wildman–Crippen MR) is 496 cm³/mol. The Balaban J connectivity index is 0.000000188. The zero-order chi connectivity index (χ0) is 92.1. The molecule has 0 fully saturated rings. The minimum absolute atomic E-state index is 0.00600. The van der Waals surface area contributed by atoms with Crippen LogP contribution in [0.1, 0.15) is 65.7 Å². The maximum absolute atomic E-state index is 14.4. The van der Waals surface area contributed by atoms with Gasteiger partial charge in [0.25, 0.3) is 0 Å². The first kappa shape index (κ1) is 101. The van der Waals surface area contributed by atoms with Gasteiger partial charge in [-0.1, -0.05) is 48.5 Å². The number of fused-ring (bicyclic) bond motifs is 3. The van der Waals surface area contributed by atoms with E-state index < -0.39 is 45.4 Å². The summed E-state index contributed by atoms with van der Waals surface area (Å²) < 4.78 is 102. The summed E-state index contributed by atoms with van der Waals surface area (Å²) in [5.41, 5.74) is 23.4. The standard InChI is InChI=1S/C16H11FN8O2S.C12H8FN3S.C12H7FN3S.C9H8FN3S.C7H16O4.C6H4FI.C4H4ClN5O2.3C4H9.C3H5N3S.Sn/c17-8-4-1-2-6-10(8)28-16-21-11(9-5-3-7-20-24(9)16)15-22-13(18)12(25(26)27)14(19)23-15;2*13-10-5-1-2-6-11(10)17-12-14-8-9-4-3-7-15-16(9)12;10-7-3-1-2-4-8(7)14-9-12-5-6-13(9)11;1-8-6(9-2)5-7(10-3)11-4;7-5-3-1-2-4-6(5)8;5-4-8-2(6)1(10(11)12)3(7)9-4;3*1-3-4-2;4-6-2-1-5-3(6)7;/h1-7H,(H4,18,19,22,23);1-8H;1-7H;1-6H,11H2;6-7H,5H2,1-4H3;1-4H;(H4,6,7,8,9);3*1,3-4H2,2H3;1-2H,4H2,(H,5,7);. The predicted octanol–water partition coefficient (Wildman–Crippen LogP) is 18.0. The van der Waals surface area contributed by atoms with Gasteiger partial charge < -0.3 is 58.6 Å². The quantitative estimate of drug-likeness (QED) is 0.00289. The van der Waals surface area contributed by atoms with Gasteiger partial charge in [0.2, 0.25) is 28.6 Å². The Bertz CT molecular complexity index is 6010. The van der Waals surface area contributed by atoms with Gasteiger partial charge in [-0.2, -0.15) is 20.2 Å². The van der Waals surface area contributed by atoms with E-state index in [9.17, 15) is 42.2 Å². The Hall–Kier alpha value is -10.9. The van der Waals surface area contributed by atoms with E-state index >= 15 is 0 Å². The largest absolute Gasteiger partial charge is 0.378 e. The average Bonchev–Trinajstić information content (AvgIpc) is 1.63. The second-order valence-electron chi connectivity index (χ2n) is 26.3. The summed E-state index contributed by atoms with van der Waals surface area (Å²) in [5, 5.41) is 36.5. The van der Waals surface area contributed by atoms with Crippen molar-refractivity contribution in [2.75, 3.05) is 63.1 Å². The number of anilines is 4. The molecule has 0 saturated carbocycles. The van der Waals surface area contributed by atoms with Crippen LogP contribution in [-0.2, 0) is 18.9 Å². The molecule has 33 nitrogen and oxygen atoms in total. The van der Waals surface area contributed by atoms with Crippen LogP contribution in [0.2, 0.25) is 18.6 Å². The van der Waals surface area contributed by atoms with E-state index in [-0.39, 0.29) is 75.9 Å².